The van der Waals surface area contributed by atoms with Crippen LogP contribution in [0.15, 0.2) is 42.6 Å². The van der Waals surface area contributed by atoms with Crippen LogP contribution in [0.1, 0.15) is 18.4 Å². The molecule has 1 fully saturated rings. The summed E-state index contributed by atoms with van der Waals surface area (Å²) in [4.78, 5) is 6.58. The molecule has 1 N–H and O–H groups in total. The van der Waals surface area contributed by atoms with Crippen molar-refractivity contribution in [2.75, 3.05) is 24.6 Å². The first-order valence-corrected chi connectivity index (χ1v) is 8.20. The zero-order chi connectivity index (χ0) is 16.3. The van der Waals surface area contributed by atoms with E-state index < -0.39 is 0 Å². The average molecular weight is 335 g/mol. The van der Waals surface area contributed by atoms with Crippen molar-refractivity contribution in [1.82, 2.24) is 4.98 Å². The third-order valence-electron chi connectivity index (χ3n) is 4.52. The van der Waals surface area contributed by atoms with Crippen LogP contribution >= 0.6 is 11.6 Å². The Morgan fingerprint density at radius 2 is 2.00 bits per heavy atom. The standard InChI is InChI=1S/C18H20ClFN2O/c19-15-4-7-17(21-11-15)22-9-1-8-18(12-22,13-23)10-14-2-5-16(20)6-3-14/h2-7,11,23H,1,8-10,12-13H2. The van der Waals surface area contributed by atoms with E-state index in [2.05, 4.69) is 9.88 Å². The minimum Gasteiger partial charge on any atom is -0.396 e. The maximum atomic E-state index is 13.1. The molecule has 0 bridgehead atoms. The van der Waals surface area contributed by atoms with Crippen LogP contribution in [0.3, 0.4) is 0 Å². The molecule has 1 atom stereocenters. The van der Waals surface area contributed by atoms with Crippen LogP contribution < -0.4 is 4.90 Å². The number of benzene rings is 1. The summed E-state index contributed by atoms with van der Waals surface area (Å²) < 4.78 is 13.1. The lowest BCUT2D eigenvalue weighted by Gasteiger charge is -2.42. The summed E-state index contributed by atoms with van der Waals surface area (Å²) >= 11 is 5.90. The second-order valence-corrected chi connectivity index (χ2v) is 6.76. The topological polar surface area (TPSA) is 36.4 Å². The van der Waals surface area contributed by atoms with Gasteiger partial charge in [0.2, 0.25) is 0 Å². The van der Waals surface area contributed by atoms with Gasteiger partial charge in [-0.15, -0.1) is 0 Å². The van der Waals surface area contributed by atoms with Crippen molar-refractivity contribution in [1.29, 1.82) is 0 Å². The van der Waals surface area contributed by atoms with Crippen LogP contribution in [0.25, 0.3) is 0 Å². The first-order valence-electron chi connectivity index (χ1n) is 7.82. The van der Waals surface area contributed by atoms with E-state index in [1.807, 2.05) is 12.1 Å². The molecular formula is C18H20ClFN2O. The van der Waals surface area contributed by atoms with Gasteiger partial charge < -0.3 is 10.0 Å². The third kappa shape index (κ3) is 3.82. The molecule has 1 aromatic heterocycles. The zero-order valence-corrected chi connectivity index (χ0v) is 13.6. The van der Waals surface area contributed by atoms with E-state index in [0.717, 1.165) is 43.7 Å². The van der Waals surface area contributed by atoms with Gasteiger partial charge in [-0.25, -0.2) is 9.37 Å². The van der Waals surface area contributed by atoms with Crippen molar-refractivity contribution in [2.24, 2.45) is 5.41 Å². The molecule has 1 aromatic carbocycles. The molecule has 0 saturated carbocycles. The van der Waals surface area contributed by atoms with Crippen molar-refractivity contribution < 1.29 is 9.50 Å². The summed E-state index contributed by atoms with van der Waals surface area (Å²) in [6.45, 7) is 1.75. The molecule has 0 aliphatic carbocycles. The van der Waals surface area contributed by atoms with Crippen molar-refractivity contribution in [2.45, 2.75) is 19.3 Å². The van der Waals surface area contributed by atoms with Crippen LogP contribution in [-0.4, -0.2) is 29.8 Å². The number of piperidine rings is 1. The molecule has 2 aromatic rings. The van der Waals surface area contributed by atoms with Crippen molar-refractivity contribution in [3.05, 3.63) is 59.0 Å². The van der Waals surface area contributed by atoms with Gasteiger partial charge in [0.15, 0.2) is 0 Å². The molecule has 0 amide bonds. The molecule has 0 spiro atoms. The Morgan fingerprint density at radius 3 is 2.65 bits per heavy atom. The minimum atomic E-state index is -0.234. The van der Waals surface area contributed by atoms with Gasteiger partial charge in [-0.3, -0.25) is 0 Å². The van der Waals surface area contributed by atoms with Gasteiger partial charge in [0.1, 0.15) is 11.6 Å². The predicted molar refractivity (Wildman–Crippen MR) is 90.3 cm³/mol. The fourth-order valence-corrected chi connectivity index (χ4v) is 3.43. The van der Waals surface area contributed by atoms with Gasteiger partial charge in [0, 0.05) is 24.7 Å². The summed E-state index contributed by atoms with van der Waals surface area (Å²) in [5.41, 5.74) is 0.823. The molecule has 3 rings (SSSR count). The molecule has 2 heterocycles. The lowest BCUT2D eigenvalue weighted by atomic mass is 9.75. The summed E-state index contributed by atoms with van der Waals surface area (Å²) in [7, 11) is 0. The number of halogens is 2. The molecule has 1 saturated heterocycles. The van der Waals surface area contributed by atoms with E-state index in [1.165, 1.54) is 12.1 Å². The molecule has 5 heteroatoms. The molecule has 1 aliphatic heterocycles. The Kier molecular flexibility index (Phi) is 4.83. The van der Waals surface area contributed by atoms with Crippen molar-refractivity contribution in [3.8, 4) is 0 Å². The molecular weight excluding hydrogens is 315 g/mol. The highest BCUT2D eigenvalue weighted by Crippen LogP contribution is 2.35. The first kappa shape index (κ1) is 16.2. The number of aromatic nitrogens is 1. The van der Waals surface area contributed by atoms with E-state index >= 15 is 0 Å². The largest absolute Gasteiger partial charge is 0.396 e. The Bertz CT molecular complexity index is 647. The zero-order valence-electron chi connectivity index (χ0n) is 12.9. The SMILES string of the molecule is OCC1(Cc2ccc(F)cc2)CCCN(c2ccc(Cl)cn2)C1. The van der Waals surface area contributed by atoms with Gasteiger partial charge >= 0.3 is 0 Å². The van der Waals surface area contributed by atoms with Gasteiger partial charge in [0.25, 0.3) is 0 Å². The number of anilines is 1. The first-order chi connectivity index (χ1) is 11.1. The second kappa shape index (κ2) is 6.85. The Labute approximate surface area is 140 Å². The summed E-state index contributed by atoms with van der Waals surface area (Å²) in [5, 5.41) is 10.6. The molecule has 0 radical (unpaired) electrons. The number of hydrogen-bond acceptors (Lipinski definition) is 3. The smallest absolute Gasteiger partial charge is 0.128 e. The summed E-state index contributed by atoms with van der Waals surface area (Å²) in [6.07, 6.45) is 4.32. The number of pyridine rings is 1. The van der Waals surface area contributed by atoms with E-state index in [4.69, 9.17) is 11.6 Å². The van der Waals surface area contributed by atoms with E-state index in [-0.39, 0.29) is 17.8 Å². The number of aliphatic hydroxyl groups excluding tert-OH is 1. The fraction of sp³-hybridized carbons (Fsp3) is 0.389. The quantitative estimate of drug-likeness (QED) is 0.926. The van der Waals surface area contributed by atoms with E-state index in [1.54, 1.807) is 18.3 Å². The lowest BCUT2D eigenvalue weighted by Crippen LogP contribution is -2.47. The lowest BCUT2D eigenvalue weighted by molar-refractivity contribution is 0.105. The van der Waals surface area contributed by atoms with Crippen LogP contribution in [0, 0.1) is 11.2 Å². The number of nitrogens with zero attached hydrogens (tertiary/aromatic N) is 2. The Morgan fingerprint density at radius 1 is 1.22 bits per heavy atom. The van der Waals surface area contributed by atoms with E-state index in [0.29, 0.717) is 5.02 Å². The summed E-state index contributed by atoms with van der Waals surface area (Å²) in [5.74, 6) is 0.647. The molecule has 1 aliphatic rings. The van der Waals surface area contributed by atoms with Crippen LogP contribution in [0.5, 0.6) is 0 Å². The van der Waals surface area contributed by atoms with Crippen LogP contribution in [0.4, 0.5) is 10.2 Å². The van der Waals surface area contributed by atoms with Crippen molar-refractivity contribution >= 4 is 17.4 Å². The average Bonchev–Trinajstić information content (AvgIpc) is 2.58. The van der Waals surface area contributed by atoms with Crippen LogP contribution in [-0.2, 0) is 6.42 Å². The second-order valence-electron chi connectivity index (χ2n) is 6.32. The minimum absolute atomic E-state index is 0.106. The van der Waals surface area contributed by atoms with Crippen molar-refractivity contribution in [3.63, 3.8) is 0 Å². The number of aliphatic hydroxyl groups is 1. The molecule has 3 nitrogen and oxygen atoms in total. The van der Waals surface area contributed by atoms with E-state index in [9.17, 15) is 9.50 Å². The van der Waals surface area contributed by atoms with Gasteiger partial charge in [-0.05, 0) is 49.1 Å². The normalized spacial score (nSPS) is 21.4. The number of rotatable bonds is 4. The van der Waals surface area contributed by atoms with Crippen LogP contribution in [0.2, 0.25) is 5.02 Å². The highest BCUT2D eigenvalue weighted by Gasteiger charge is 2.35. The van der Waals surface area contributed by atoms with Gasteiger partial charge in [-0.1, -0.05) is 23.7 Å². The third-order valence-corrected chi connectivity index (χ3v) is 4.75. The van der Waals surface area contributed by atoms with Gasteiger partial charge in [0.05, 0.1) is 11.6 Å². The maximum Gasteiger partial charge on any atom is 0.128 e. The highest BCUT2D eigenvalue weighted by atomic mass is 35.5. The maximum absolute atomic E-state index is 13.1. The predicted octanol–water partition coefficient (Wildman–Crippen LogP) is 3.70. The summed E-state index contributed by atoms with van der Waals surface area (Å²) in [6, 6.07) is 10.3. The molecule has 1 unspecified atom stereocenters. The molecule has 23 heavy (non-hydrogen) atoms. The highest BCUT2D eigenvalue weighted by molar-refractivity contribution is 6.30. The number of hydrogen-bond donors (Lipinski definition) is 1. The fourth-order valence-electron chi connectivity index (χ4n) is 3.32. The molecule has 122 valence electrons. The Hall–Kier alpha value is -1.65. The van der Waals surface area contributed by atoms with Gasteiger partial charge in [-0.2, -0.15) is 0 Å². The monoisotopic (exact) mass is 334 g/mol. The Balaban J connectivity index is 1.78.